The van der Waals surface area contributed by atoms with Crippen molar-refractivity contribution in [2.24, 2.45) is 0 Å². The summed E-state index contributed by atoms with van der Waals surface area (Å²) in [5.41, 5.74) is 1.46. The lowest BCUT2D eigenvalue weighted by Crippen LogP contribution is -2.34. The number of anilines is 1. The number of carbonyl (C=O) groups excluding carboxylic acids is 2. The van der Waals surface area contributed by atoms with E-state index in [1.54, 1.807) is 19.1 Å². The van der Waals surface area contributed by atoms with E-state index in [0.29, 0.717) is 18.0 Å². The van der Waals surface area contributed by atoms with Crippen LogP contribution in [0.2, 0.25) is 0 Å². The van der Waals surface area contributed by atoms with Crippen molar-refractivity contribution >= 4 is 17.7 Å². The van der Waals surface area contributed by atoms with Crippen molar-refractivity contribution in [1.29, 1.82) is 0 Å². The van der Waals surface area contributed by atoms with Crippen molar-refractivity contribution in [1.82, 2.24) is 5.32 Å². The maximum Gasteiger partial charge on any atom is 0.407 e. The molecule has 0 radical (unpaired) electrons. The highest BCUT2D eigenvalue weighted by atomic mass is 16.5. The number of amides is 2. The van der Waals surface area contributed by atoms with Crippen molar-refractivity contribution < 1.29 is 19.1 Å². The summed E-state index contributed by atoms with van der Waals surface area (Å²) in [7, 11) is 1.30. The van der Waals surface area contributed by atoms with Gasteiger partial charge in [-0.2, -0.15) is 0 Å². The van der Waals surface area contributed by atoms with E-state index in [4.69, 9.17) is 4.74 Å². The first-order valence-electron chi connectivity index (χ1n) is 5.52. The highest BCUT2D eigenvalue weighted by molar-refractivity contribution is 5.97. The number of alkyl carbamates (subject to hydrolysis) is 1. The largest absolute Gasteiger partial charge is 0.479 e. The second-order valence-electron chi connectivity index (χ2n) is 3.92. The predicted molar refractivity (Wildman–Crippen MR) is 64.4 cm³/mol. The Bertz CT molecular complexity index is 487. The van der Waals surface area contributed by atoms with Gasteiger partial charge < -0.3 is 20.1 Å². The quantitative estimate of drug-likeness (QED) is 0.828. The molecular weight excluding hydrogens is 236 g/mol. The Morgan fingerprint density at radius 2 is 2.33 bits per heavy atom. The van der Waals surface area contributed by atoms with Crippen molar-refractivity contribution in [2.45, 2.75) is 19.6 Å². The van der Waals surface area contributed by atoms with Crippen LogP contribution < -0.4 is 15.4 Å². The van der Waals surface area contributed by atoms with E-state index in [1.807, 2.05) is 6.07 Å². The van der Waals surface area contributed by atoms with Gasteiger partial charge in [-0.15, -0.1) is 0 Å². The van der Waals surface area contributed by atoms with Gasteiger partial charge in [0.1, 0.15) is 5.75 Å². The predicted octanol–water partition coefficient (Wildman–Crippen LogP) is 1.26. The van der Waals surface area contributed by atoms with E-state index in [2.05, 4.69) is 15.4 Å². The van der Waals surface area contributed by atoms with Crippen LogP contribution in [0.3, 0.4) is 0 Å². The molecule has 6 heteroatoms. The van der Waals surface area contributed by atoms with Crippen LogP contribution in [-0.2, 0) is 16.1 Å². The van der Waals surface area contributed by atoms with Gasteiger partial charge in [-0.3, -0.25) is 4.79 Å². The molecule has 1 aliphatic rings. The Morgan fingerprint density at radius 3 is 3.06 bits per heavy atom. The number of rotatable bonds is 2. The second-order valence-corrected chi connectivity index (χ2v) is 3.92. The summed E-state index contributed by atoms with van der Waals surface area (Å²) in [4.78, 5) is 22.4. The number of nitrogens with one attached hydrogen (secondary N) is 2. The molecule has 1 aromatic rings. The third-order valence-electron chi connectivity index (χ3n) is 2.60. The van der Waals surface area contributed by atoms with Gasteiger partial charge in [0.15, 0.2) is 6.10 Å². The average Bonchev–Trinajstić information content (AvgIpc) is 2.37. The minimum Gasteiger partial charge on any atom is -0.479 e. The molecule has 1 atom stereocenters. The van der Waals surface area contributed by atoms with E-state index < -0.39 is 12.2 Å². The zero-order valence-electron chi connectivity index (χ0n) is 10.1. The van der Waals surface area contributed by atoms with Crippen LogP contribution in [0.5, 0.6) is 5.75 Å². The third-order valence-corrected chi connectivity index (χ3v) is 2.60. The fourth-order valence-electron chi connectivity index (χ4n) is 1.61. The minimum atomic E-state index is -0.498. The number of carbonyl (C=O) groups is 2. The van der Waals surface area contributed by atoms with Gasteiger partial charge in [-0.25, -0.2) is 4.79 Å². The maximum atomic E-state index is 11.5. The molecule has 18 heavy (non-hydrogen) atoms. The lowest BCUT2D eigenvalue weighted by molar-refractivity contribution is -0.122. The Morgan fingerprint density at radius 1 is 1.56 bits per heavy atom. The second kappa shape index (κ2) is 4.95. The van der Waals surface area contributed by atoms with E-state index in [0.717, 1.165) is 5.56 Å². The topological polar surface area (TPSA) is 76.7 Å². The summed E-state index contributed by atoms with van der Waals surface area (Å²) in [6, 6.07) is 5.34. The van der Waals surface area contributed by atoms with Crippen molar-refractivity contribution in [2.75, 3.05) is 12.4 Å². The van der Waals surface area contributed by atoms with Gasteiger partial charge in [0, 0.05) is 6.54 Å². The molecule has 0 spiro atoms. The third kappa shape index (κ3) is 2.53. The molecular formula is C12H14N2O4. The van der Waals surface area contributed by atoms with Crippen molar-refractivity contribution in [3.63, 3.8) is 0 Å². The number of fused-ring (bicyclic) bond motifs is 1. The van der Waals surface area contributed by atoms with E-state index in [-0.39, 0.29) is 5.91 Å². The summed E-state index contributed by atoms with van der Waals surface area (Å²) in [5.74, 6) is 0.449. The minimum absolute atomic E-state index is 0.180. The number of hydrogen-bond acceptors (Lipinski definition) is 4. The molecule has 2 N–H and O–H groups in total. The van der Waals surface area contributed by atoms with Crippen LogP contribution in [-0.4, -0.2) is 25.2 Å². The Balaban J connectivity index is 2.10. The molecule has 96 valence electrons. The molecule has 1 unspecified atom stereocenters. The number of hydrogen-bond donors (Lipinski definition) is 2. The fraction of sp³-hybridized carbons (Fsp3) is 0.333. The summed E-state index contributed by atoms with van der Waals surface area (Å²) >= 11 is 0. The number of methoxy groups -OCH3 is 1. The van der Waals surface area contributed by atoms with E-state index in [9.17, 15) is 9.59 Å². The highest BCUT2D eigenvalue weighted by Gasteiger charge is 2.23. The standard InChI is InChI=1S/C12H14N2O4/c1-7-11(15)14-9-5-8(3-4-10(9)18-7)6-13-12(16)17-2/h3-5,7H,6H2,1-2H3,(H,13,16)(H,14,15). The monoisotopic (exact) mass is 250 g/mol. The Labute approximate surface area is 104 Å². The van der Waals surface area contributed by atoms with Crippen LogP contribution in [0.15, 0.2) is 18.2 Å². The van der Waals surface area contributed by atoms with Crippen LogP contribution in [0.4, 0.5) is 10.5 Å². The maximum absolute atomic E-state index is 11.5. The smallest absolute Gasteiger partial charge is 0.407 e. The molecule has 2 amide bonds. The van der Waals surface area contributed by atoms with Crippen molar-refractivity contribution in [3.8, 4) is 5.75 Å². The SMILES string of the molecule is COC(=O)NCc1ccc2c(c1)NC(=O)C(C)O2. The van der Waals surface area contributed by atoms with Gasteiger partial charge in [0.05, 0.1) is 12.8 Å². The first-order chi connectivity index (χ1) is 8.60. The molecule has 1 aliphatic heterocycles. The van der Waals surface area contributed by atoms with Gasteiger partial charge in [-0.1, -0.05) is 6.07 Å². The van der Waals surface area contributed by atoms with Crippen LogP contribution in [0.1, 0.15) is 12.5 Å². The molecule has 6 nitrogen and oxygen atoms in total. The summed E-state index contributed by atoms with van der Waals surface area (Å²) in [5, 5.41) is 5.30. The molecule has 0 saturated carbocycles. The molecule has 0 bridgehead atoms. The number of ether oxygens (including phenoxy) is 2. The van der Waals surface area contributed by atoms with E-state index in [1.165, 1.54) is 7.11 Å². The van der Waals surface area contributed by atoms with Crippen LogP contribution in [0.25, 0.3) is 0 Å². The van der Waals surface area contributed by atoms with Crippen molar-refractivity contribution in [3.05, 3.63) is 23.8 Å². The zero-order valence-corrected chi connectivity index (χ0v) is 10.1. The zero-order chi connectivity index (χ0) is 13.1. The van der Waals surface area contributed by atoms with Gasteiger partial charge in [0.2, 0.25) is 0 Å². The Hall–Kier alpha value is -2.24. The molecule has 0 saturated heterocycles. The van der Waals surface area contributed by atoms with Crippen LogP contribution >= 0.6 is 0 Å². The lowest BCUT2D eigenvalue weighted by Gasteiger charge is -2.23. The van der Waals surface area contributed by atoms with Gasteiger partial charge >= 0.3 is 6.09 Å². The lowest BCUT2D eigenvalue weighted by atomic mass is 10.1. The molecule has 0 fully saturated rings. The summed E-state index contributed by atoms with van der Waals surface area (Å²) < 4.78 is 9.89. The first-order valence-corrected chi connectivity index (χ1v) is 5.52. The summed E-state index contributed by atoms with van der Waals surface area (Å²) in [6.07, 6.45) is -0.988. The highest BCUT2D eigenvalue weighted by Crippen LogP contribution is 2.30. The molecule has 0 aromatic heterocycles. The molecule has 1 heterocycles. The summed E-state index contributed by atoms with van der Waals surface area (Å²) in [6.45, 7) is 2.01. The molecule has 0 aliphatic carbocycles. The van der Waals surface area contributed by atoms with Gasteiger partial charge in [0.25, 0.3) is 5.91 Å². The molecule has 1 aromatic carbocycles. The normalized spacial score (nSPS) is 17.2. The van der Waals surface area contributed by atoms with Crippen LogP contribution in [0, 0.1) is 0 Å². The number of benzene rings is 1. The Kier molecular flexibility index (Phi) is 3.36. The average molecular weight is 250 g/mol. The fourth-order valence-corrected chi connectivity index (χ4v) is 1.61. The first kappa shape index (κ1) is 12.2. The van der Waals surface area contributed by atoms with E-state index >= 15 is 0 Å². The molecule has 2 rings (SSSR count). The van der Waals surface area contributed by atoms with Gasteiger partial charge in [-0.05, 0) is 24.6 Å².